The molecule has 0 radical (unpaired) electrons. The van der Waals surface area contributed by atoms with Crippen LogP contribution in [0.15, 0.2) is 42.6 Å². The number of rotatable bonds is 2. The second kappa shape index (κ2) is 9.20. The SMILES string of the molecule is CC(C)(C)OC(=O)N1C2CCC1CN(c1nc(Cl)nc3c(F)c(-c4cccc5cccc(Cl)c45)ncc13)C2. The predicted octanol–water partition coefficient (Wildman–Crippen LogP) is 6.88. The summed E-state index contributed by atoms with van der Waals surface area (Å²) in [6, 6.07) is 11.0. The number of ether oxygens (including phenoxy) is 1. The van der Waals surface area contributed by atoms with Crippen LogP contribution >= 0.6 is 23.2 Å². The minimum atomic E-state index is -0.587. The van der Waals surface area contributed by atoms with Gasteiger partial charge in [0, 0.05) is 35.3 Å². The lowest BCUT2D eigenvalue weighted by molar-refractivity contribution is 0.0123. The van der Waals surface area contributed by atoms with Crippen molar-refractivity contribution in [1.29, 1.82) is 0 Å². The van der Waals surface area contributed by atoms with E-state index in [-0.39, 0.29) is 34.7 Å². The molecular formula is C28H26Cl2FN5O2. The predicted molar refractivity (Wildman–Crippen MR) is 147 cm³/mol. The molecule has 10 heteroatoms. The number of fused-ring (bicyclic) bond motifs is 4. The van der Waals surface area contributed by atoms with Gasteiger partial charge in [-0.05, 0) is 56.7 Å². The molecule has 7 nitrogen and oxygen atoms in total. The van der Waals surface area contributed by atoms with Gasteiger partial charge in [0.2, 0.25) is 5.28 Å². The Morgan fingerprint density at radius 1 is 1.05 bits per heavy atom. The van der Waals surface area contributed by atoms with Crippen molar-refractivity contribution in [2.75, 3.05) is 18.0 Å². The van der Waals surface area contributed by atoms with E-state index >= 15 is 4.39 Å². The number of hydrogen-bond donors (Lipinski definition) is 0. The Bertz CT molecular complexity index is 1570. The van der Waals surface area contributed by atoms with E-state index in [2.05, 4.69) is 19.9 Å². The quantitative estimate of drug-likeness (QED) is 0.252. The maximum atomic E-state index is 16.1. The number of pyridine rings is 1. The van der Waals surface area contributed by atoms with Crippen molar-refractivity contribution in [3.63, 3.8) is 0 Å². The van der Waals surface area contributed by atoms with Crippen LogP contribution in [0.3, 0.4) is 0 Å². The summed E-state index contributed by atoms with van der Waals surface area (Å²) in [6.07, 6.45) is 3.00. The molecule has 0 N–H and O–H groups in total. The first-order chi connectivity index (χ1) is 18.1. The van der Waals surface area contributed by atoms with Gasteiger partial charge < -0.3 is 9.64 Å². The maximum absolute atomic E-state index is 16.1. The number of carbonyl (C=O) groups is 1. The molecule has 0 aliphatic carbocycles. The maximum Gasteiger partial charge on any atom is 0.410 e. The number of benzene rings is 2. The molecule has 2 saturated heterocycles. The summed E-state index contributed by atoms with van der Waals surface area (Å²) in [4.78, 5) is 30.0. The van der Waals surface area contributed by atoms with E-state index in [1.807, 2.05) is 49.9 Å². The Kier molecular flexibility index (Phi) is 6.07. The Hall–Kier alpha value is -3.23. The fourth-order valence-corrected chi connectivity index (χ4v) is 6.07. The van der Waals surface area contributed by atoms with Crippen LogP contribution in [-0.2, 0) is 4.74 Å². The highest BCUT2D eigenvalue weighted by Gasteiger charge is 2.45. The first-order valence-corrected chi connectivity index (χ1v) is 13.3. The molecule has 4 aromatic rings. The molecule has 0 saturated carbocycles. The van der Waals surface area contributed by atoms with Gasteiger partial charge in [-0.15, -0.1) is 0 Å². The van der Waals surface area contributed by atoms with Crippen LogP contribution < -0.4 is 4.90 Å². The van der Waals surface area contributed by atoms with Crippen molar-refractivity contribution in [3.05, 3.63) is 58.7 Å². The van der Waals surface area contributed by atoms with Crippen LogP contribution in [0.25, 0.3) is 32.9 Å². The standard InChI is InChI=1S/C28H26Cl2FN5O2/c1-28(2,3)38-27(37)36-16-10-11-17(36)14-35(13-16)25-19-12-32-23(22(31)24(19)33-26(30)34-25)18-8-4-6-15-7-5-9-20(29)21(15)18/h4-9,12,16-17H,10-11,13-14H2,1-3H3. The van der Waals surface area contributed by atoms with Crippen molar-refractivity contribution in [1.82, 2.24) is 19.9 Å². The molecule has 6 rings (SSSR count). The van der Waals surface area contributed by atoms with Crippen molar-refractivity contribution < 1.29 is 13.9 Å². The molecular weight excluding hydrogens is 528 g/mol. The molecule has 2 aliphatic rings. The van der Waals surface area contributed by atoms with Crippen LogP contribution in [0.2, 0.25) is 10.3 Å². The van der Waals surface area contributed by atoms with E-state index in [1.165, 1.54) is 0 Å². The van der Waals surface area contributed by atoms with Crippen molar-refractivity contribution in [3.8, 4) is 11.3 Å². The summed E-state index contributed by atoms with van der Waals surface area (Å²) in [5, 5.41) is 2.53. The third-order valence-corrected chi connectivity index (χ3v) is 7.62. The third kappa shape index (κ3) is 4.29. The topological polar surface area (TPSA) is 71.5 Å². The molecule has 2 fully saturated rings. The van der Waals surface area contributed by atoms with Crippen molar-refractivity contribution in [2.24, 2.45) is 0 Å². The van der Waals surface area contributed by atoms with E-state index in [1.54, 1.807) is 18.3 Å². The number of hydrogen-bond acceptors (Lipinski definition) is 6. The Morgan fingerprint density at radius 3 is 2.42 bits per heavy atom. The summed E-state index contributed by atoms with van der Waals surface area (Å²) in [7, 11) is 0. The summed E-state index contributed by atoms with van der Waals surface area (Å²) in [5.74, 6) is -0.0783. The zero-order valence-corrected chi connectivity index (χ0v) is 22.7. The third-order valence-electron chi connectivity index (χ3n) is 7.13. The fraction of sp³-hybridized carbons (Fsp3) is 0.357. The largest absolute Gasteiger partial charge is 0.444 e. The highest BCUT2D eigenvalue weighted by Crippen LogP contribution is 2.39. The zero-order valence-electron chi connectivity index (χ0n) is 21.2. The summed E-state index contributed by atoms with van der Waals surface area (Å²) in [6.45, 7) is 6.64. The molecule has 2 aromatic carbocycles. The normalized spacial score (nSPS) is 19.4. The van der Waals surface area contributed by atoms with Gasteiger partial charge in [-0.1, -0.05) is 41.9 Å². The van der Waals surface area contributed by atoms with Crippen LogP contribution in [0.5, 0.6) is 0 Å². The lowest BCUT2D eigenvalue weighted by Gasteiger charge is -2.42. The first-order valence-electron chi connectivity index (χ1n) is 12.6. The first kappa shape index (κ1) is 25.1. The van der Waals surface area contributed by atoms with E-state index in [4.69, 9.17) is 27.9 Å². The molecule has 2 unspecified atom stereocenters. The summed E-state index contributed by atoms with van der Waals surface area (Å²) in [5.41, 5.74) is 0.245. The minimum absolute atomic E-state index is 0.0395. The van der Waals surface area contributed by atoms with E-state index in [0.717, 1.165) is 23.6 Å². The van der Waals surface area contributed by atoms with Gasteiger partial charge in [-0.3, -0.25) is 9.88 Å². The number of anilines is 1. The molecule has 1 amide bonds. The second-order valence-electron chi connectivity index (χ2n) is 10.8. The molecule has 2 aliphatic heterocycles. The number of piperazine rings is 1. The Balaban J connectivity index is 1.39. The van der Waals surface area contributed by atoms with Crippen molar-refractivity contribution >= 4 is 56.8 Å². The van der Waals surface area contributed by atoms with Crippen LogP contribution in [0.1, 0.15) is 33.6 Å². The van der Waals surface area contributed by atoms with Gasteiger partial charge in [0.1, 0.15) is 22.6 Å². The van der Waals surface area contributed by atoms with Gasteiger partial charge >= 0.3 is 6.09 Å². The van der Waals surface area contributed by atoms with Crippen LogP contribution in [0.4, 0.5) is 15.0 Å². The number of halogens is 3. The number of carbonyl (C=O) groups excluding carboxylic acids is 1. The van der Waals surface area contributed by atoms with Crippen molar-refractivity contribution in [2.45, 2.75) is 51.3 Å². The number of aromatic nitrogens is 3. The van der Waals surface area contributed by atoms with E-state index in [9.17, 15) is 4.79 Å². The molecule has 2 bridgehead atoms. The highest BCUT2D eigenvalue weighted by molar-refractivity contribution is 6.36. The molecule has 196 valence electrons. The van der Waals surface area contributed by atoms with Gasteiger partial charge in [0.05, 0.1) is 17.5 Å². The Labute approximate surface area is 229 Å². The fourth-order valence-electron chi connectivity index (χ4n) is 5.63. The molecule has 4 heterocycles. The monoisotopic (exact) mass is 553 g/mol. The number of amides is 1. The average Bonchev–Trinajstić information content (AvgIpc) is 3.13. The summed E-state index contributed by atoms with van der Waals surface area (Å²) >= 11 is 12.8. The average molecular weight is 554 g/mol. The van der Waals surface area contributed by atoms with Gasteiger partial charge in [-0.2, -0.15) is 4.98 Å². The smallest absolute Gasteiger partial charge is 0.410 e. The van der Waals surface area contributed by atoms with Crippen LogP contribution in [0, 0.1) is 5.82 Å². The second-order valence-corrected chi connectivity index (χ2v) is 11.6. The van der Waals surface area contributed by atoms with E-state index < -0.39 is 11.4 Å². The Morgan fingerprint density at radius 2 is 1.74 bits per heavy atom. The molecule has 0 spiro atoms. The minimum Gasteiger partial charge on any atom is -0.444 e. The van der Waals surface area contributed by atoms with Gasteiger partial charge in [0.25, 0.3) is 0 Å². The molecule has 2 atom stereocenters. The van der Waals surface area contributed by atoms with Crippen LogP contribution in [-0.4, -0.2) is 56.7 Å². The van der Waals surface area contributed by atoms with Gasteiger partial charge in [0.15, 0.2) is 5.82 Å². The zero-order chi connectivity index (χ0) is 26.8. The number of nitrogens with zero attached hydrogens (tertiary/aromatic N) is 5. The summed E-state index contributed by atoms with van der Waals surface area (Å²) < 4.78 is 21.7. The molecule has 38 heavy (non-hydrogen) atoms. The lowest BCUT2D eigenvalue weighted by atomic mass is 10.0. The van der Waals surface area contributed by atoms with Gasteiger partial charge in [-0.25, -0.2) is 14.2 Å². The van der Waals surface area contributed by atoms with E-state index in [0.29, 0.717) is 34.9 Å². The molecule has 2 aromatic heterocycles. The lowest BCUT2D eigenvalue weighted by Crippen LogP contribution is -2.57. The highest BCUT2D eigenvalue weighted by atomic mass is 35.5.